The largest absolute Gasteiger partial charge is 0.350 e. The molecule has 0 radical (unpaired) electrons. The van der Waals surface area contributed by atoms with E-state index >= 15 is 0 Å². The van der Waals surface area contributed by atoms with Gasteiger partial charge in [0.05, 0.1) is 5.52 Å². The van der Waals surface area contributed by atoms with Gasteiger partial charge in [-0.1, -0.05) is 6.07 Å². The number of nitrogens with zero attached hydrogens (tertiary/aromatic N) is 1. The number of aromatic nitrogens is 1. The van der Waals surface area contributed by atoms with Crippen LogP contribution in [0.5, 0.6) is 0 Å². The van der Waals surface area contributed by atoms with Crippen molar-refractivity contribution in [3.63, 3.8) is 0 Å². The van der Waals surface area contributed by atoms with E-state index < -0.39 is 0 Å². The van der Waals surface area contributed by atoms with Gasteiger partial charge in [-0.15, -0.1) is 24.8 Å². The molecule has 1 atom stereocenters. The van der Waals surface area contributed by atoms with Crippen molar-refractivity contribution < 1.29 is 4.79 Å². The maximum atomic E-state index is 11.9. The van der Waals surface area contributed by atoms with Gasteiger partial charge in [0.1, 0.15) is 0 Å². The Labute approximate surface area is 131 Å². The molecule has 0 aliphatic heterocycles. The third-order valence-corrected chi connectivity index (χ3v) is 2.93. The first-order chi connectivity index (χ1) is 8.70. The molecule has 1 aromatic heterocycles. The van der Waals surface area contributed by atoms with Crippen molar-refractivity contribution in [1.82, 2.24) is 15.6 Å². The van der Waals surface area contributed by atoms with Crippen LogP contribution in [-0.4, -0.2) is 30.5 Å². The van der Waals surface area contributed by atoms with E-state index in [0.29, 0.717) is 12.1 Å². The van der Waals surface area contributed by atoms with Gasteiger partial charge in [-0.05, 0) is 38.2 Å². The fourth-order valence-corrected chi connectivity index (χ4v) is 1.67. The molecule has 2 rings (SSSR count). The zero-order chi connectivity index (χ0) is 13.0. The van der Waals surface area contributed by atoms with Crippen LogP contribution in [0.4, 0.5) is 0 Å². The number of amides is 1. The van der Waals surface area contributed by atoms with Crippen LogP contribution in [0.3, 0.4) is 0 Å². The molecule has 110 valence electrons. The van der Waals surface area contributed by atoms with E-state index in [9.17, 15) is 4.79 Å². The molecule has 0 bridgehead atoms. The standard InChI is InChI=1S/C14H17N3O.2ClH/c1-10(15-2)9-17-14(18)12-5-6-13-11(8-12)4-3-7-16-13;;/h3-8,10,15H,9H2,1-2H3,(H,17,18);2*1H. The maximum absolute atomic E-state index is 11.9. The monoisotopic (exact) mass is 315 g/mol. The second kappa shape index (κ2) is 8.74. The van der Waals surface area contributed by atoms with E-state index in [1.54, 1.807) is 12.3 Å². The highest BCUT2D eigenvalue weighted by Crippen LogP contribution is 2.13. The minimum absolute atomic E-state index is 0. The van der Waals surface area contributed by atoms with E-state index in [2.05, 4.69) is 15.6 Å². The van der Waals surface area contributed by atoms with Gasteiger partial charge in [-0.3, -0.25) is 9.78 Å². The molecule has 2 N–H and O–H groups in total. The maximum Gasteiger partial charge on any atom is 0.251 e. The van der Waals surface area contributed by atoms with Gasteiger partial charge >= 0.3 is 0 Å². The first-order valence-corrected chi connectivity index (χ1v) is 6.01. The predicted molar refractivity (Wildman–Crippen MR) is 87.1 cm³/mol. The van der Waals surface area contributed by atoms with Crippen molar-refractivity contribution in [3.05, 3.63) is 42.1 Å². The van der Waals surface area contributed by atoms with Crippen molar-refractivity contribution in [2.24, 2.45) is 0 Å². The third kappa shape index (κ3) is 4.63. The molecule has 20 heavy (non-hydrogen) atoms. The van der Waals surface area contributed by atoms with Crippen LogP contribution in [0.2, 0.25) is 0 Å². The highest BCUT2D eigenvalue weighted by Gasteiger charge is 2.07. The van der Waals surface area contributed by atoms with Crippen LogP contribution in [-0.2, 0) is 0 Å². The Hall–Kier alpha value is -1.36. The lowest BCUT2D eigenvalue weighted by Gasteiger charge is -2.11. The molecule has 0 spiro atoms. The van der Waals surface area contributed by atoms with Crippen molar-refractivity contribution in [2.45, 2.75) is 13.0 Å². The van der Waals surface area contributed by atoms with Gasteiger partial charge in [0, 0.05) is 29.7 Å². The molecule has 6 heteroatoms. The molecular weight excluding hydrogens is 297 g/mol. The molecular formula is C14H19Cl2N3O. The first-order valence-electron chi connectivity index (χ1n) is 6.01. The van der Waals surface area contributed by atoms with Crippen LogP contribution >= 0.6 is 24.8 Å². The van der Waals surface area contributed by atoms with Gasteiger partial charge < -0.3 is 10.6 Å². The van der Waals surface area contributed by atoms with Crippen LogP contribution in [0.1, 0.15) is 17.3 Å². The zero-order valence-electron chi connectivity index (χ0n) is 11.4. The zero-order valence-corrected chi connectivity index (χ0v) is 13.1. The lowest BCUT2D eigenvalue weighted by atomic mass is 10.1. The molecule has 1 heterocycles. The van der Waals surface area contributed by atoms with Gasteiger partial charge in [0.15, 0.2) is 0 Å². The topological polar surface area (TPSA) is 54.0 Å². The summed E-state index contributed by atoms with van der Waals surface area (Å²) < 4.78 is 0. The smallest absolute Gasteiger partial charge is 0.251 e. The molecule has 1 unspecified atom stereocenters. The number of nitrogens with one attached hydrogen (secondary N) is 2. The van der Waals surface area contributed by atoms with Gasteiger partial charge in [0.25, 0.3) is 5.91 Å². The van der Waals surface area contributed by atoms with Gasteiger partial charge in [-0.2, -0.15) is 0 Å². The van der Waals surface area contributed by atoms with E-state index in [4.69, 9.17) is 0 Å². The second-order valence-electron chi connectivity index (χ2n) is 4.31. The lowest BCUT2D eigenvalue weighted by Crippen LogP contribution is -2.37. The normalized spacial score (nSPS) is 11.1. The highest BCUT2D eigenvalue weighted by atomic mass is 35.5. The Morgan fingerprint density at radius 2 is 2.05 bits per heavy atom. The summed E-state index contributed by atoms with van der Waals surface area (Å²) in [5, 5.41) is 6.95. The average Bonchev–Trinajstić information content (AvgIpc) is 2.43. The quantitative estimate of drug-likeness (QED) is 0.911. The van der Waals surface area contributed by atoms with Crippen molar-refractivity contribution in [2.75, 3.05) is 13.6 Å². The fourth-order valence-electron chi connectivity index (χ4n) is 1.67. The Morgan fingerprint density at radius 3 is 2.75 bits per heavy atom. The van der Waals surface area contributed by atoms with E-state index in [0.717, 1.165) is 10.9 Å². The number of fused-ring (bicyclic) bond motifs is 1. The highest BCUT2D eigenvalue weighted by molar-refractivity contribution is 5.97. The summed E-state index contributed by atoms with van der Waals surface area (Å²) in [5.41, 5.74) is 1.57. The summed E-state index contributed by atoms with van der Waals surface area (Å²) in [5.74, 6) is -0.0529. The fraction of sp³-hybridized carbons (Fsp3) is 0.286. The second-order valence-corrected chi connectivity index (χ2v) is 4.31. The average molecular weight is 316 g/mol. The van der Waals surface area contributed by atoms with Crippen LogP contribution < -0.4 is 10.6 Å². The minimum Gasteiger partial charge on any atom is -0.350 e. The number of hydrogen-bond donors (Lipinski definition) is 2. The van der Waals surface area contributed by atoms with Crippen LogP contribution in [0.25, 0.3) is 10.9 Å². The summed E-state index contributed by atoms with van der Waals surface area (Å²) in [6.07, 6.45) is 1.75. The molecule has 0 aliphatic carbocycles. The number of rotatable bonds is 4. The van der Waals surface area contributed by atoms with E-state index in [1.165, 1.54) is 0 Å². The van der Waals surface area contributed by atoms with Crippen molar-refractivity contribution in [1.29, 1.82) is 0 Å². The van der Waals surface area contributed by atoms with Crippen LogP contribution in [0, 0.1) is 0 Å². The molecule has 0 saturated heterocycles. The molecule has 1 aromatic carbocycles. The Bertz CT molecular complexity index is 563. The first kappa shape index (κ1) is 18.6. The summed E-state index contributed by atoms with van der Waals surface area (Å²) >= 11 is 0. The summed E-state index contributed by atoms with van der Waals surface area (Å²) in [6, 6.07) is 9.61. The number of carbonyl (C=O) groups excluding carboxylic acids is 1. The number of benzene rings is 1. The molecule has 2 aromatic rings. The van der Waals surface area contributed by atoms with Gasteiger partial charge in [-0.25, -0.2) is 0 Å². The number of pyridine rings is 1. The lowest BCUT2D eigenvalue weighted by molar-refractivity contribution is 0.0950. The third-order valence-electron chi connectivity index (χ3n) is 2.93. The van der Waals surface area contributed by atoms with E-state index in [-0.39, 0.29) is 36.8 Å². The van der Waals surface area contributed by atoms with Crippen LogP contribution in [0.15, 0.2) is 36.5 Å². The number of halogens is 2. The molecule has 1 amide bonds. The number of hydrogen-bond acceptors (Lipinski definition) is 3. The molecule has 0 fully saturated rings. The van der Waals surface area contributed by atoms with Crippen molar-refractivity contribution in [3.8, 4) is 0 Å². The van der Waals surface area contributed by atoms with Crippen molar-refractivity contribution >= 4 is 41.6 Å². The molecule has 0 saturated carbocycles. The van der Waals surface area contributed by atoms with E-state index in [1.807, 2.05) is 38.2 Å². The summed E-state index contributed by atoms with van der Waals surface area (Å²) in [7, 11) is 1.87. The Morgan fingerprint density at radius 1 is 1.30 bits per heavy atom. The minimum atomic E-state index is -0.0529. The predicted octanol–water partition coefficient (Wildman–Crippen LogP) is 2.42. The molecule has 0 aliphatic rings. The summed E-state index contributed by atoms with van der Waals surface area (Å²) in [6.45, 7) is 2.63. The Kier molecular flexibility index (Phi) is 8.15. The number of likely N-dealkylation sites (N-methyl/N-ethyl adjacent to an activating group) is 1. The molecule has 4 nitrogen and oxygen atoms in total. The Balaban J connectivity index is 0.00000180. The van der Waals surface area contributed by atoms with Gasteiger partial charge in [0.2, 0.25) is 0 Å². The SMILES string of the molecule is CNC(C)CNC(=O)c1ccc2ncccc2c1.Cl.Cl. The summed E-state index contributed by atoms with van der Waals surface area (Å²) in [4.78, 5) is 16.2. The number of carbonyl (C=O) groups is 1.